The monoisotopic (exact) mass is 255 g/mol. The van der Waals surface area contributed by atoms with Crippen molar-refractivity contribution in [3.63, 3.8) is 0 Å². The molecule has 1 N–H and O–H groups in total. The predicted octanol–water partition coefficient (Wildman–Crippen LogP) is 2.86. The summed E-state index contributed by atoms with van der Waals surface area (Å²) >= 11 is 0. The Morgan fingerprint density at radius 2 is 2.00 bits per heavy atom. The van der Waals surface area contributed by atoms with Gasteiger partial charge in [0.05, 0.1) is 5.69 Å². The van der Waals surface area contributed by atoms with E-state index in [9.17, 15) is 0 Å². The molecule has 2 fully saturated rings. The van der Waals surface area contributed by atoms with Crippen LogP contribution >= 0.6 is 0 Å². The minimum atomic E-state index is 0.900. The first-order chi connectivity index (χ1) is 9.40. The molecule has 0 aliphatic heterocycles. The second-order valence-corrected chi connectivity index (χ2v) is 6.17. The quantitative estimate of drug-likeness (QED) is 0.860. The molecule has 0 aromatic carbocycles. The van der Waals surface area contributed by atoms with Crippen LogP contribution in [0.1, 0.15) is 31.4 Å². The summed E-state index contributed by atoms with van der Waals surface area (Å²) in [5, 5.41) is 3.63. The number of pyridine rings is 1. The molecule has 3 heteroatoms. The highest BCUT2D eigenvalue weighted by Gasteiger charge is 2.40. The van der Waals surface area contributed by atoms with Crippen LogP contribution in [0.3, 0.4) is 0 Å². The van der Waals surface area contributed by atoms with Crippen LogP contribution in [0.25, 0.3) is 5.65 Å². The van der Waals surface area contributed by atoms with Crippen LogP contribution in [-0.2, 0) is 6.54 Å². The van der Waals surface area contributed by atoms with Gasteiger partial charge in [-0.15, -0.1) is 0 Å². The maximum Gasteiger partial charge on any atom is 0.137 e. The summed E-state index contributed by atoms with van der Waals surface area (Å²) in [5.74, 6) is 3.00. The number of fused-ring (bicyclic) bond motifs is 1. The van der Waals surface area contributed by atoms with Gasteiger partial charge in [0.15, 0.2) is 0 Å². The molecule has 100 valence electrons. The lowest BCUT2D eigenvalue weighted by atomic mass is 9.98. The molecule has 0 unspecified atom stereocenters. The first-order valence-corrected chi connectivity index (χ1v) is 7.53. The van der Waals surface area contributed by atoms with Crippen LogP contribution < -0.4 is 5.32 Å². The fourth-order valence-corrected chi connectivity index (χ4v) is 3.21. The maximum absolute atomic E-state index is 4.63. The van der Waals surface area contributed by atoms with Gasteiger partial charge in [-0.1, -0.05) is 6.07 Å². The van der Waals surface area contributed by atoms with Gasteiger partial charge >= 0.3 is 0 Å². The van der Waals surface area contributed by atoms with Gasteiger partial charge < -0.3 is 9.72 Å². The zero-order valence-corrected chi connectivity index (χ0v) is 11.3. The minimum absolute atomic E-state index is 0.900. The molecule has 0 atom stereocenters. The third-order valence-electron chi connectivity index (χ3n) is 4.56. The van der Waals surface area contributed by atoms with Crippen molar-refractivity contribution in [2.24, 2.45) is 17.8 Å². The summed E-state index contributed by atoms with van der Waals surface area (Å²) in [6.45, 7) is 2.08. The standard InChI is InChI=1S/C16H21N3/c1-2-8-19-11-14(18-16(19)3-1)9-17-10-15(12-4-5-12)13-6-7-13/h1-3,8,11-13,15,17H,4-7,9-10H2. The normalized spacial score (nSPS) is 19.4. The number of rotatable bonds is 6. The molecule has 2 heterocycles. The Morgan fingerprint density at radius 1 is 1.21 bits per heavy atom. The van der Waals surface area contributed by atoms with Gasteiger partial charge in [0.25, 0.3) is 0 Å². The van der Waals surface area contributed by atoms with Crippen molar-refractivity contribution in [3.8, 4) is 0 Å². The van der Waals surface area contributed by atoms with Crippen molar-refractivity contribution in [3.05, 3.63) is 36.3 Å². The van der Waals surface area contributed by atoms with E-state index in [1.54, 1.807) is 0 Å². The Balaban J connectivity index is 1.36. The largest absolute Gasteiger partial charge is 0.311 e. The summed E-state index contributed by atoms with van der Waals surface area (Å²) in [6, 6.07) is 6.14. The van der Waals surface area contributed by atoms with Gasteiger partial charge in [-0.2, -0.15) is 0 Å². The molecule has 2 aliphatic rings. The molecule has 0 bridgehead atoms. The van der Waals surface area contributed by atoms with Gasteiger partial charge in [-0.05, 0) is 62.1 Å². The van der Waals surface area contributed by atoms with Gasteiger partial charge in [-0.3, -0.25) is 0 Å². The Labute approximate surface area is 114 Å². The molecule has 0 saturated heterocycles. The highest BCUT2D eigenvalue weighted by Crippen LogP contribution is 2.48. The average molecular weight is 255 g/mol. The Kier molecular flexibility index (Phi) is 2.80. The van der Waals surface area contributed by atoms with Crippen molar-refractivity contribution < 1.29 is 0 Å². The van der Waals surface area contributed by atoms with Crippen LogP contribution in [0.5, 0.6) is 0 Å². The van der Waals surface area contributed by atoms with Crippen LogP contribution in [0.4, 0.5) is 0 Å². The molecule has 2 saturated carbocycles. The molecule has 0 radical (unpaired) electrons. The zero-order valence-electron chi connectivity index (χ0n) is 11.3. The second-order valence-electron chi connectivity index (χ2n) is 6.17. The van der Waals surface area contributed by atoms with Crippen molar-refractivity contribution in [2.45, 2.75) is 32.2 Å². The lowest BCUT2D eigenvalue weighted by Crippen LogP contribution is -2.25. The van der Waals surface area contributed by atoms with Crippen molar-refractivity contribution >= 4 is 5.65 Å². The van der Waals surface area contributed by atoms with Gasteiger partial charge in [0.2, 0.25) is 0 Å². The van der Waals surface area contributed by atoms with E-state index in [4.69, 9.17) is 0 Å². The molecule has 2 aliphatic carbocycles. The summed E-state index contributed by atoms with van der Waals surface area (Å²) in [4.78, 5) is 4.63. The van der Waals surface area contributed by atoms with Crippen molar-refractivity contribution in [1.29, 1.82) is 0 Å². The number of hydrogen-bond donors (Lipinski definition) is 1. The van der Waals surface area contributed by atoms with E-state index in [0.29, 0.717) is 0 Å². The van der Waals surface area contributed by atoms with E-state index in [2.05, 4.69) is 33.2 Å². The summed E-state index contributed by atoms with van der Waals surface area (Å²) in [5.41, 5.74) is 2.19. The molecule has 0 amide bonds. The maximum atomic E-state index is 4.63. The molecule has 2 aromatic heterocycles. The summed E-state index contributed by atoms with van der Waals surface area (Å²) < 4.78 is 2.09. The number of nitrogens with one attached hydrogen (secondary N) is 1. The molecular weight excluding hydrogens is 234 g/mol. The zero-order chi connectivity index (χ0) is 12.7. The number of imidazole rings is 1. The average Bonchev–Trinajstić information content (AvgIpc) is 3.32. The van der Waals surface area contributed by atoms with E-state index < -0.39 is 0 Å². The first-order valence-electron chi connectivity index (χ1n) is 7.53. The topological polar surface area (TPSA) is 29.3 Å². The van der Waals surface area contributed by atoms with Crippen molar-refractivity contribution in [1.82, 2.24) is 14.7 Å². The van der Waals surface area contributed by atoms with E-state index in [0.717, 1.165) is 35.6 Å². The van der Waals surface area contributed by atoms with E-state index in [1.165, 1.54) is 32.2 Å². The van der Waals surface area contributed by atoms with Crippen LogP contribution in [0.15, 0.2) is 30.6 Å². The van der Waals surface area contributed by atoms with E-state index in [-0.39, 0.29) is 0 Å². The minimum Gasteiger partial charge on any atom is -0.311 e. The van der Waals surface area contributed by atoms with E-state index in [1.807, 2.05) is 12.1 Å². The van der Waals surface area contributed by atoms with Gasteiger partial charge in [0.1, 0.15) is 5.65 Å². The fraction of sp³-hybridized carbons (Fsp3) is 0.562. The van der Waals surface area contributed by atoms with Crippen molar-refractivity contribution in [2.75, 3.05) is 6.54 Å². The molecular formula is C16H21N3. The number of nitrogens with zero attached hydrogens (tertiary/aromatic N) is 2. The summed E-state index contributed by atoms with van der Waals surface area (Å²) in [6.07, 6.45) is 10.1. The van der Waals surface area contributed by atoms with E-state index >= 15 is 0 Å². The number of hydrogen-bond acceptors (Lipinski definition) is 2. The Hall–Kier alpha value is -1.35. The molecule has 3 nitrogen and oxygen atoms in total. The first kappa shape index (κ1) is 11.5. The Morgan fingerprint density at radius 3 is 2.68 bits per heavy atom. The lowest BCUT2D eigenvalue weighted by molar-refractivity contribution is 0.378. The summed E-state index contributed by atoms with van der Waals surface area (Å²) in [7, 11) is 0. The molecule has 0 spiro atoms. The predicted molar refractivity (Wildman–Crippen MR) is 75.8 cm³/mol. The third-order valence-corrected chi connectivity index (χ3v) is 4.56. The van der Waals surface area contributed by atoms with Crippen LogP contribution in [0.2, 0.25) is 0 Å². The van der Waals surface area contributed by atoms with Gasteiger partial charge in [-0.25, -0.2) is 4.98 Å². The van der Waals surface area contributed by atoms with Crippen LogP contribution in [0, 0.1) is 17.8 Å². The smallest absolute Gasteiger partial charge is 0.137 e. The molecule has 2 aromatic rings. The van der Waals surface area contributed by atoms with Gasteiger partial charge in [0, 0.05) is 18.9 Å². The Bertz CT molecular complexity index is 521. The number of aromatic nitrogens is 2. The highest BCUT2D eigenvalue weighted by molar-refractivity contribution is 5.39. The SMILES string of the molecule is c1ccn2cc(CNCC(C3CC3)C3CC3)nc2c1. The fourth-order valence-electron chi connectivity index (χ4n) is 3.21. The lowest BCUT2D eigenvalue weighted by Gasteiger charge is -2.15. The van der Waals surface area contributed by atoms with Crippen LogP contribution in [-0.4, -0.2) is 15.9 Å². The second kappa shape index (κ2) is 4.64. The third kappa shape index (κ3) is 2.52. The highest BCUT2D eigenvalue weighted by atomic mass is 15.0. The molecule has 19 heavy (non-hydrogen) atoms. The molecule has 4 rings (SSSR count).